The molecule has 0 amide bonds. The number of alkyl halides is 1. The number of hydrogen-bond donors (Lipinski definition) is 0. The molecule has 1 fully saturated rings. The molecule has 1 heterocycles. The van der Waals surface area contributed by atoms with E-state index in [9.17, 15) is 4.39 Å². The van der Waals surface area contributed by atoms with Crippen LogP contribution in [0.3, 0.4) is 0 Å². The van der Waals surface area contributed by atoms with Gasteiger partial charge in [-0.25, -0.2) is 0 Å². The topological polar surface area (TPSA) is 0 Å². The molecule has 0 saturated carbocycles. The molecule has 0 N–H and O–H groups in total. The first kappa shape index (κ1) is 8.46. The molecule has 0 aromatic carbocycles. The zero-order valence-corrected chi connectivity index (χ0v) is 8.15. The van der Waals surface area contributed by atoms with Crippen molar-refractivity contribution in [1.82, 2.24) is 0 Å². The fourth-order valence-corrected chi connectivity index (χ4v) is 6.00. The Morgan fingerprint density at radius 3 is 2.30 bits per heavy atom. The van der Waals surface area contributed by atoms with Crippen LogP contribution in [0.4, 0.5) is 4.39 Å². The summed E-state index contributed by atoms with van der Waals surface area (Å²) >= 11 is 0. The predicted octanol–water partition coefficient (Wildman–Crippen LogP) is 2.52. The third-order valence-electron chi connectivity index (χ3n) is 3.24. The molecule has 62 valence electrons. The van der Waals surface area contributed by atoms with E-state index in [0.717, 1.165) is 12.6 Å². The summed E-state index contributed by atoms with van der Waals surface area (Å²) in [4.78, 5) is 0. The van der Waals surface area contributed by atoms with Gasteiger partial charge in [0.05, 0.1) is 0 Å². The van der Waals surface area contributed by atoms with Crippen LogP contribution in [0.25, 0.3) is 0 Å². The molecule has 1 aliphatic rings. The van der Waals surface area contributed by atoms with Crippen LogP contribution in [0, 0.1) is 0 Å². The molecule has 0 radical (unpaired) electrons. The van der Waals surface area contributed by atoms with Crippen LogP contribution in [0.2, 0.25) is 0 Å². The second-order valence-electron chi connectivity index (χ2n) is 3.74. The zero-order valence-electron chi connectivity index (χ0n) is 7.15. The van der Waals surface area contributed by atoms with E-state index >= 15 is 0 Å². The van der Waals surface area contributed by atoms with Crippen molar-refractivity contribution in [3.8, 4) is 0 Å². The average Bonchev–Trinajstić information content (AvgIpc) is 1.88. The Kier molecular flexibility index (Phi) is 2.34. The minimum absolute atomic E-state index is 0.443. The molecule has 0 nitrogen and oxygen atoms in total. The Morgan fingerprint density at radius 2 is 2.10 bits per heavy atom. The molecule has 1 saturated heterocycles. The Labute approximate surface area is 63.5 Å². The predicted molar refractivity (Wildman–Crippen MR) is 48.6 cm³/mol. The van der Waals surface area contributed by atoms with E-state index in [4.69, 9.17) is 0 Å². The van der Waals surface area contributed by atoms with Crippen molar-refractivity contribution in [2.75, 3.05) is 19.0 Å². The molecule has 0 aromatic heterocycles. The fourth-order valence-electron chi connectivity index (χ4n) is 2.17. The van der Waals surface area contributed by atoms with Gasteiger partial charge in [-0.1, -0.05) is 0 Å². The summed E-state index contributed by atoms with van der Waals surface area (Å²) in [5, 5.41) is 0. The number of rotatable bonds is 2. The molecule has 0 aromatic rings. The van der Waals surface area contributed by atoms with E-state index in [2.05, 4.69) is 20.5 Å². The summed E-state index contributed by atoms with van der Waals surface area (Å²) in [6.45, 7) is 6.69. The molecule has 2 heteroatoms. The van der Waals surface area contributed by atoms with Gasteiger partial charge < -0.3 is 0 Å². The van der Waals surface area contributed by atoms with Gasteiger partial charge in [-0.3, -0.25) is 0 Å². The van der Waals surface area contributed by atoms with Gasteiger partial charge in [0.2, 0.25) is 0 Å². The first-order chi connectivity index (χ1) is 4.64. The standard InChI is InChI=1S/C8H18FP/c1-4-8-7(9)6-10(8,3)5-2/h7-8,10H,4-6H2,1-3H3. The van der Waals surface area contributed by atoms with Crippen molar-refractivity contribution in [3.63, 3.8) is 0 Å². The second kappa shape index (κ2) is 2.77. The summed E-state index contributed by atoms with van der Waals surface area (Å²) < 4.78 is 12.9. The van der Waals surface area contributed by atoms with E-state index < -0.39 is 13.4 Å². The molecule has 0 bridgehead atoms. The van der Waals surface area contributed by atoms with Crippen molar-refractivity contribution in [2.24, 2.45) is 0 Å². The molecular formula is C8H18FP. The summed E-state index contributed by atoms with van der Waals surface area (Å²) in [7, 11) is -1.04. The van der Waals surface area contributed by atoms with Gasteiger partial charge in [0, 0.05) is 0 Å². The monoisotopic (exact) mass is 164 g/mol. The second-order valence-corrected chi connectivity index (χ2v) is 8.91. The Bertz CT molecular complexity index is 126. The quantitative estimate of drug-likeness (QED) is 0.550. The first-order valence-electron chi connectivity index (χ1n) is 4.28. The van der Waals surface area contributed by atoms with Crippen LogP contribution < -0.4 is 0 Å². The molecule has 2 atom stereocenters. The normalized spacial score (nSPS) is 40.4. The van der Waals surface area contributed by atoms with Crippen molar-refractivity contribution in [2.45, 2.75) is 32.1 Å². The van der Waals surface area contributed by atoms with Crippen LogP contribution >= 0.6 is 7.26 Å². The van der Waals surface area contributed by atoms with Crippen LogP contribution in [0.1, 0.15) is 20.3 Å². The van der Waals surface area contributed by atoms with E-state index in [1.807, 2.05) is 0 Å². The summed E-state index contributed by atoms with van der Waals surface area (Å²) in [6, 6.07) is 0. The van der Waals surface area contributed by atoms with Crippen molar-refractivity contribution in [1.29, 1.82) is 0 Å². The van der Waals surface area contributed by atoms with Crippen molar-refractivity contribution in [3.05, 3.63) is 0 Å². The number of hydrogen-bond acceptors (Lipinski definition) is 0. The van der Waals surface area contributed by atoms with E-state index in [1.165, 1.54) is 6.16 Å². The van der Waals surface area contributed by atoms with Crippen molar-refractivity contribution >= 4 is 7.26 Å². The van der Waals surface area contributed by atoms with E-state index in [-0.39, 0.29) is 0 Å². The van der Waals surface area contributed by atoms with Crippen LogP contribution in [-0.2, 0) is 0 Å². The summed E-state index contributed by atoms with van der Waals surface area (Å²) in [5.41, 5.74) is 0.484. The van der Waals surface area contributed by atoms with Crippen LogP contribution in [0.5, 0.6) is 0 Å². The summed E-state index contributed by atoms with van der Waals surface area (Å²) in [6.07, 6.45) is 2.83. The van der Waals surface area contributed by atoms with Crippen LogP contribution in [0.15, 0.2) is 0 Å². The SMILES string of the molecule is CCC1C(F)C[PH]1(C)CC. The third kappa shape index (κ3) is 1.09. The van der Waals surface area contributed by atoms with E-state index in [1.54, 1.807) is 0 Å². The summed E-state index contributed by atoms with van der Waals surface area (Å²) in [5.74, 6) is 0. The Hall–Kier alpha value is 0.360. The van der Waals surface area contributed by atoms with Gasteiger partial charge in [-0.15, -0.1) is 0 Å². The minimum atomic E-state index is -1.04. The van der Waals surface area contributed by atoms with Gasteiger partial charge in [-0.05, 0) is 0 Å². The molecule has 10 heavy (non-hydrogen) atoms. The molecule has 1 aliphatic heterocycles. The van der Waals surface area contributed by atoms with Gasteiger partial charge in [0.1, 0.15) is 0 Å². The third-order valence-corrected chi connectivity index (χ3v) is 8.74. The van der Waals surface area contributed by atoms with Gasteiger partial charge >= 0.3 is 62.7 Å². The average molecular weight is 164 g/mol. The number of halogens is 1. The van der Waals surface area contributed by atoms with Gasteiger partial charge in [0.25, 0.3) is 0 Å². The van der Waals surface area contributed by atoms with Gasteiger partial charge in [0.15, 0.2) is 0 Å². The van der Waals surface area contributed by atoms with Crippen LogP contribution in [-0.4, -0.2) is 30.8 Å². The molecule has 2 unspecified atom stereocenters. The molecule has 0 aliphatic carbocycles. The maximum atomic E-state index is 12.9. The molecule has 1 rings (SSSR count). The zero-order chi connectivity index (χ0) is 7.78. The Morgan fingerprint density at radius 1 is 1.50 bits per heavy atom. The Balaban J connectivity index is 2.51. The fraction of sp³-hybridized carbons (Fsp3) is 1.00. The van der Waals surface area contributed by atoms with E-state index in [0.29, 0.717) is 5.66 Å². The van der Waals surface area contributed by atoms with Gasteiger partial charge in [-0.2, -0.15) is 0 Å². The first-order valence-corrected chi connectivity index (χ1v) is 7.27. The molecular weight excluding hydrogens is 146 g/mol. The molecule has 0 spiro atoms. The maximum absolute atomic E-state index is 12.9. The van der Waals surface area contributed by atoms with Crippen molar-refractivity contribution < 1.29 is 4.39 Å².